The van der Waals surface area contributed by atoms with Gasteiger partial charge in [0, 0.05) is 21.8 Å². The van der Waals surface area contributed by atoms with E-state index in [0.29, 0.717) is 21.6 Å². The van der Waals surface area contributed by atoms with Gasteiger partial charge in [-0.05, 0) is 48.5 Å². The Morgan fingerprint density at radius 3 is 2.39 bits per heavy atom. The second-order valence-corrected chi connectivity index (χ2v) is 8.72. The van der Waals surface area contributed by atoms with Gasteiger partial charge in [0.05, 0.1) is 26.2 Å². The van der Waals surface area contributed by atoms with Crippen molar-refractivity contribution in [3.05, 3.63) is 77.3 Å². The maximum atomic E-state index is 12.5. The van der Waals surface area contributed by atoms with E-state index in [4.69, 9.17) is 21.1 Å². The van der Waals surface area contributed by atoms with Gasteiger partial charge in [-0.1, -0.05) is 41.6 Å². The monoisotopic (exact) mass is 523 g/mol. The number of nitrogens with one attached hydrogen (secondary N) is 1. The molecule has 9 nitrogen and oxygen atoms in total. The lowest BCUT2D eigenvalue weighted by molar-refractivity contribution is -0.118. The molecule has 11 heteroatoms. The molecule has 0 radical (unpaired) electrons. The number of hydrazone groups is 1. The maximum Gasteiger partial charge on any atom is 0.250 e. The Balaban J connectivity index is 1.48. The van der Waals surface area contributed by atoms with Crippen LogP contribution in [0.4, 0.5) is 0 Å². The Hall–Kier alpha value is -4.02. The number of carbonyl (C=O) groups is 1. The number of halogens is 1. The molecule has 1 aromatic heterocycles. The summed E-state index contributed by atoms with van der Waals surface area (Å²) in [5.41, 5.74) is 4.77. The van der Waals surface area contributed by atoms with Crippen molar-refractivity contribution >= 4 is 35.5 Å². The van der Waals surface area contributed by atoms with Crippen molar-refractivity contribution in [2.24, 2.45) is 5.10 Å². The van der Waals surface area contributed by atoms with E-state index in [1.807, 2.05) is 47.0 Å². The molecule has 0 fully saturated rings. The highest BCUT2D eigenvalue weighted by Gasteiger charge is 2.17. The fraction of sp³-hybridized carbons (Fsp3) is 0.120. The van der Waals surface area contributed by atoms with Gasteiger partial charge in [0.2, 0.25) is 5.75 Å². The number of ether oxygens (including phenoxy) is 2. The van der Waals surface area contributed by atoms with E-state index in [0.717, 1.165) is 11.3 Å². The SMILES string of the molecule is COc1cc(C=NNC(=O)CSc2nnc(-c3ccc(Cl)cc3)n2-c2ccccc2)cc(OC)c1O. The third-order valence-electron chi connectivity index (χ3n) is 4.99. The van der Waals surface area contributed by atoms with Crippen LogP contribution in [0.2, 0.25) is 5.02 Å². The van der Waals surface area contributed by atoms with Crippen molar-refractivity contribution in [3.8, 4) is 34.3 Å². The quantitative estimate of drug-likeness (QED) is 0.188. The molecule has 36 heavy (non-hydrogen) atoms. The molecular formula is C25H22ClN5O4S. The van der Waals surface area contributed by atoms with Crippen LogP contribution in [0.25, 0.3) is 17.1 Å². The van der Waals surface area contributed by atoms with Gasteiger partial charge in [-0.15, -0.1) is 10.2 Å². The van der Waals surface area contributed by atoms with Crippen LogP contribution in [-0.2, 0) is 4.79 Å². The van der Waals surface area contributed by atoms with E-state index in [2.05, 4.69) is 20.7 Å². The first kappa shape index (κ1) is 25.1. The van der Waals surface area contributed by atoms with Gasteiger partial charge in [-0.2, -0.15) is 5.10 Å². The molecule has 0 saturated heterocycles. The van der Waals surface area contributed by atoms with Gasteiger partial charge in [-0.3, -0.25) is 9.36 Å². The molecule has 0 bridgehead atoms. The van der Waals surface area contributed by atoms with Gasteiger partial charge >= 0.3 is 0 Å². The van der Waals surface area contributed by atoms with E-state index in [-0.39, 0.29) is 28.9 Å². The Labute approximate surface area is 216 Å². The van der Waals surface area contributed by atoms with Crippen LogP contribution in [0, 0.1) is 0 Å². The zero-order valence-corrected chi connectivity index (χ0v) is 21.0. The number of phenols is 1. The van der Waals surface area contributed by atoms with Gasteiger partial charge in [-0.25, -0.2) is 5.43 Å². The Morgan fingerprint density at radius 1 is 1.08 bits per heavy atom. The number of benzene rings is 3. The van der Waals surface area contributed by atoms with Crippen LogP contribution >= 0.6 is 23.4 Å². The Kier molecular flexibility index (Phi) is 8.09. The lowest BCUT2D eigenvalue weighted by Crippen LogP contribution is -2.20. The van der Waals surface area contributed by atoms with Gasteiger partial charge in [0.15, 0.2) is 22.5 Å². The van der Waals surface area contributed by atoms with Crippen LogP contribution in [0.15, 0.2) is 77.0 Å². The largest absolute Gasteiger partial charge is 0.502 e. The molecule has 0 aliphatic carbocycles. The molecule has 3 aromatic carbocycles. The van der Waals surface area contributed by atoms with Crippen LogP contribution in [0.5, 0.6) is 17.2 Å². The van der Waals surface area contributed by atoms with E-state index in [1.54, 1.807) is 24.3 Å². The second-order valence-electron chi connectivity index (χ2n) is 7.34. The predicted octanol–water partition coefficient (Wildman–Crippen LogP) is 4.55. The highest BCUT2D eigenvalue weighted by Crippen LogP contribution is 2.36. The minimum Gasteiger partial charge on any atom is -0.502 e. The molecule has 1 heterocycles. The molecule has 0 saturated carbocycles. The number of hydrogen-bond donors (Lipinski definition) is 2. The zero-order valence-electron chi connectivity index (χ0n) is 19.4. The van der Waals surface area contributed by atoms with Crippen molar-refractivity contribution < 1.29 is 19.4 Å². The molecule has 0 aliphatic rings. The number of nitrogens with zero attached hydrogens (tertiary/aromatic N) is 4. The minimum absolute atomic E-state index is 0.0607. The minimum atomic E-state index is -0.329. The number of carbonyl (C=O) groups excluding carboxylic acids is 1. The second kappa shape index (κ2) is 11.6. The normalized spacial score (nSPS) is 11.0. The summed E-state index contributed by atoms with van der Waals surface area (Å²) in [6.45, 7) is 0. The summed E-state index contributed by atoms with van der Waals surface area (Å²) in [7, 11) is 2.86. The van der Waals surface area contributed by atoms with E-state index in [1.165, 1.54) is 32.2 Å². The predicted molar refractivity (Wildman–Crippen MR) is 139 cm³/mol. The highest BCUT2D eigenvalue weighted by molar-refractivity contribution is 7.99. The van der Waals surface area contributed by atoms with Gasteiger partial charge in [0.25, 0.3) is 5.91 Å². The van der Waals surface area contributed by atoms with Crippen molar-refractivity contribution in [2.75, 3.05) is 20.0 Å². The standard InChI is InChI=1S/C25H22ClN5O4S/c1-34-20-12-16(13-21(35-2)23(20)33)14-27-28-22(32)15-36-25-30-29-24(17-8-10-18(26)11-9-17)31(25)19-6-4-3-5-7-19/h3-14,33H,15H2,1-2H3,(H,28,32). The van der Waals surface area contributed by atoms with E-state index < -0.39 is 0 Å². The highest BCUT2D eigenvalue weighted by atomic mass is 35.5. The number of amides is 1. The van der Waals surface area contributed by atoms with Gasteiger partial charge < -0.3 is 14.6 Å². The summed E-state index contributed by atoms with van der Waals surface area (Å²) >= 11 is 7.27. The number of phenolic OH excluding ortho intramolecular Hbond substituents is 1. The van der Waals surface area contributed by atoms with Crippen molar-refractivity contribution in [1.82, 2.24) is 20.2 Å². The molecule has 0 aliphatic heterocycles. The number of hydrogen-bond acceptors (Lipinski definition) is 8. The summed E-state index contributed by atoms with van der Waals surface area (Å²) < 4.78 is 12.1. The lowest BCUT2D eigenvalue weighted by Gasteiger charge is -2.10. The smallest absolute Gasteiger partial charge is 0.250 e. The lowest BCUT2D eigenvalue weighted by atomic mass is 10.2. The van der Waals surface area contributed by atoms with Crippen LogP contribution in [0.3, 0.4) is 0 Å². The average Bonchev–Trinajstić information content (AvgIpc) is 3.33. The molecule has 1 amide bonds. The number of rotatable bonds is 9. The van der Waals surface area contributed by atoms with Gasteiger partial charge in [0.1, 0.15) is 0 Å². The Morgan fingerprint density at radius 2 is 1.75 bits per heavy atom. The van der Waals surface area contributed by atoms with Crippen LogP contribution in [-0.4, -0.2) is 52.0 Å². The van der Waals surface area contributed by atoms with Crippen molar-refractivity contribution in [2.45, 2.75) is 5.16 Å². The summed E-state index contributed by atoms with van der Waals surface area (Å²) in [5, 5.41) is 23.8. The van der Waals surface area contributed by atoms with Crippen molar-refractivity contribution in [1.29, 1.82) is 0 Å². The first-order chi connectivity index (χ1) is 17.5. The van der Waals surface area contributed by atoms with Crippen LogP contribution in [0.1, 0.15) is 5.56 Å². The number of thioether (sulfide) groups is 1. The number of para-hydroxylation sites is 1. The van der Waals surface area contributed by atoms with Crippen LogP contribution < -0.4 is 14.9 Å². The fourth-order valence-corrected chi connectivity index (χ4v) is 4.16. The summed E-state index contributed by atoms with van der Waals surface area (Å²) in [4.78, 5) is 12.5. The topological polar surface area (TPSA) is 111 Å². The third-order valence-corrected chi connectivity index (χ3v) is 6.17. The van der Waals surface area contributed by atoms with E-state index in [9.17, 15) is 9.90 Å². The zero-order chi connectivity index (χ0) is 25.5. The van der Waals surface area contributed by atoms with Crippen molar-refractivity contribution in [3.63, 3.8) is 0 Å². The molecule has 0 atom stereocenters. The first-order valence-corrected chi connectivity index (χ1v) is 12.0. The molecule has 2 N–H and O–H groups in total. The Bertz CT molecular complexity index is 1350. The van der Waals surface area contributed by atoms with E-state index >= 15 is 0 Å². The maximum absolute atomic E-state index is 12.5. The summed E-state index contributed by atoms with van der Waals surface area (Å²) in [5.74, 6) is 0.714. The molecule has 0 spiro atoms. The number of aromatic hydroxyl groups is 1. The average molecular weight is 524 g/mol. The summed E-state index contributed by atoms with van der Waals surface area (Å²) in [6, 6.07) is 20.1. The third kappa shape index (κ3) is 5.78. The summed E-state index contributed by atoms with van der Waals surface area (Å²) in [6.07, 6.45) is 1.43. The molecule has 4 rings (SSSR count). The fourth-order valence-electron chi connectivity index (χ4n) is 3.29. The molecule has 4 aromatic rings. The number of methoxy groups -OCH3 is 2. The molecule has 184 valence electrons. The molecule has 0 unspecified atom stereocenters. The first-order valence-electron chi connectivity index (χ1n) is 10.7. The molecular weight excluding hydrogens is 502 g/mol. The number of aromatic nitrogens is 3.